The van der Waals surface area contributed by atoms with Gasteiger partial charge in [0.15, 0.2) is 5.82 Å². The predicted octanol–water partition coefficient (Wildman–Crippen LogP) is 0.564. The fourth-order valence-electron chi connectivity index (χ4n) is 3.78. The van der Waals surface area contributed by atoms with E-state index in [1.54, 1.807) is 24.4 Å². The van der Waals surface area contributed by atoms with Gasteiger partial charge in [-0.25, -0.2) is 15.0 Å². The molecule has 3 heterocycles. The SMILES string of the molecule is CC(COCc1cc(N)cc(C#N)c1)N1CC(C(N)=O)=C2N=CC3=C(NCC3)N21. The van der Waals surface area contributed by atoms with Gasteiger partial charge in [-0.1, -0.05) is 0 Å². The number of primary amides is 1. The molecular weight excluding hydrogens is 370 g/mol. The van der Waals surface area contributed by atoms with E-state index in [9.17, 15) is 4.79 Å². The second kappa shape index (κ2) is 7.58. The van der Waals surface area contributed by atoms with Crippen LogP contribution in [-0.4, -0.2) is 47.9 Å². The lowest BCUT2D eigenvalue weighted by Crippen LogP contribution is -2.47. The quantitative estimate of drug-likeness (QED) is 0.602. The van der Waals surface area contributed by atoms with Crippen LogP contribution in [0.3, 0.4) is 0 Å². The number of anilines is 1. The number of hydrogen-bond acceptors (Lipinski definition) is 8. The molecule has 9 nitrogen and oxygen atoms in total. The largest absolute Gasteiger partial charge is 0.399 e. The number of aliphatic imine (C=N–C) groups is 1. The van der Waals surface area contributed by atoms with E-state index in [-0.39, 0.29) is 6.04 Å². The Hall–Kier alpha value is -3.35. The molecule has 0 bridgehead atoms. The Morgan fingerprint density at radius 1 is 1.45 bits per heavy atom. The fourth-order valence-corrected chi connectivity index (χ4v) is 3.78. The van der Waals surface area contributed by atoms with Gasteiger partial charge >= 0.3 is 0 Å². The van der Waals surface area contributed by atoms with Crippen LogP contribution in [-0.2, 0) is 16.1 Å². The van der Waals surface area contributed by atoms with Crippen molar-refractivity contribution in [2.24, 2.45) is 10.7 Å². The summed E-state index contributed by atoms with van der Waals surface area (Å²) >= 11 is 0. The number of nitriles is 1. The average Bonchev–Trinajstić information content (AvgIpc) is 3.31. The molecule has 1 aromatic carbocycles. The van der Waals surface area contributed by atoms with Crippen LogP contribution in [0.1, 0.15) is 24.5 Å². The number of rotatable bonds is 6. The van der Waals surface area contributed by atoms with Gasteiger partial charge in [0.1, 0.15) is 5.82 Å². The molecule has 150 valence electrons. The van der Waals surface area contributed by atoms with Gasteiger partial charge in [-0.05, 0) is 37.1 Å². The number of fused-ring (bicyclic) bond motifs is 2. The van der Waals surface area contributed by atoms with E-state index < -0.39 is 5.91 Å². The Balaban J connectivity index is 1.46. The number of nitrogens with two attached hydrogens (primary N) is 2. The molecule has 0 aromatic heterocycles. The molecule has 1 unspecified atom stereocenters. The minimum atomic E-state index is -0.469. The monoisotopic (exact) mass is 393 g/mol. The van der Waals surface area contributed by atoms with E-state index in [1.165, 1.54) is 0 Å². The first kappa shape index (κ1) is 19.0. The standard InChI is InChI=1S/C20H23N7O2/c1-12(10-29-11-14-4-13(7-21)5-16(22)6-14)26-9-17(18(23)28)20-25-8-15-2-3-24-19(15)27(20)26/h4-6,8,12,24H,2-3,9-11,22H2,1H3,(H2,23,28). The van der Waals surface area contributed by atoms with E-state index in [0.717, 1.165) is 29.9 Å². The lowest BCUT2D eigenvalue weighted by Gasteiger charge is -2.37. The van der Waals surface area contributed by atoms with Gasteiger partial charge in [0.05, 0.1) is 43.0 Å². The number of hydrazine groups is 1. The summed E-state index contributed by atoms with van der Waals surface area (Å²) in [7, 11) is 0. The van der Waals surface area contributed by atoms with E-state index in [4.69, 9.17) is 21.5 Å². The molecule has 1 atom stereocenters. The summed E-state index contributed by atoms with van der Waals surface area (Å²) in [6.07, 6.45) is 2.70. The van der Waals surface area contributed by atoms with E-state index >= 15 is 0 Å². The Labute approximate surface area is 168 Å². The summed E-state index contributed by atoms with van der Waals surface area (Å²) in [6, 6.07) is 7.25. The fraction of sp³-hybridized carbons (Fsp3) is 0.350. The van der Waals surface area contributed by atoms with Crippen LogP contribution in [0, 0.1) is 11.3 Å². The zero-order valence-electron chi connectivity index (χ0n) is 16.2. The summed E-state index contributed by atoms with van der Waals surface area (Å²) in [6.45, 7) is 3.99. The summed E-state index contributed by atoms with van der Waals surface area (Å²) in [5.74, 6) is 1.06. The second-order valence-corrected chi connectivity index (χ2v) is 7.32. The minimum absolute atomic E-state index is 0.0391. The van der Waals surface area contributed by atoms with Gasteiger partial charge in [0.2, 0.25) is 5.91 Å². The number of carbonyl (C=O) groups is 1. The van der Waals surface area contributed by atoms with Gasteiger partial charge in [0.25, 0.3) is 0 Å². The molecular formula is C20H23N7O2. The number of nitrogen functional groups attached to an aromatic ring is 1. The molecule has 0 saturated heterocycles. The lowest BCUT2D eigenvalue weighted by molar-refractivity contribution is -0.114. The molecule has 29 heavy (non-hydrogen) atoms. The molecule has 1 aromatic rings. The smallest absolute Gasteiger partial charge is 0.249 e. The maximum atomic E-state index is 11.9. The summed E-state index contributed by atoms with van der Waals surface area (Å²) < 4.78 is 5.89. The van der Waals surface area contributed by atoms with Gasteiger partial charge < -0.3 is 21.5 Å². The first-order valence-corrected chi connectivity index (χ1v) is 9.46. The van der Waals surface area contributed by atoms with Crippen LogP contribution < -0.4 is 16.8 Å². The second-order valence-electron chi connectivity index (χ2n) is 7.32. The topological polar surface area (TPSA) is 133 Å². The van der Waals surface area contributed by atoms with E-state index in [0.29, 0.717) is 42.4 Å². The highest BCUT2D eigenvalue weighted by atomic mass is 16.5. The third kappa shape index (κ3) is 3.55. The third-order valence-electron chi connectivity index (χ3n) is 5.17. The highest BCUT2D eigenvalue weighted by Crippen LogP contribution is 2.35. The first-order valence-electron chi connectivity index (χ1n) is 9.46. The van der Waals surface area contributed by atoms with Crippen molar-refractivity contribution < 1.29 is 9.53 Å². The lowest BCUT2D eigenvalue weighted by atomic mass is 10.1. The molecule has 0 saturated carbocycles. The van der Waals surface area contributed by atoms with Gasteiger partial charge in [-0.3, -0.25) is 4.79 Å². The van der Waals surface area contributed by atoms with Crippen LogP contribution in [0.2, 0.25) is 0 Å². The van der Waals surface area contributed by atoms with Crippen molar-refractivity contribution in [1.82, 2.24) is 15.3 Å². The van der Waals surface area contributed by atoms with Crippen molar-refractivity contribution in [3.8, 4) is 6.07 Å². The summed E-state index contributed by atoms with van der Waals surface area (Å²) in [4.78, 5) is 16.4. The molecule has 9 heteroatoms. The number of carbonyl (C=O) groups excluding carboxylic acids is 1. The molecule has 4 rings (SSSR count). The first-order chi connectivity index (χ1) is 14.0. The average molecular weight is 393 g/mol. The molecule has 3 aliphatic rings. The number of nitrogens with zero attached hydrogens (tertiary/aromatic N) is 4. The van der Waals surface area contributed by atoms with E-state index in [1.807, 2.05) is 16.9 Å². The number of amides is 1. The van der Waals surface area contributed by atoms with Crippen LogP contribution in [0.5, 0.6) is 0 Å². The third-order valence-corrected chi connectivity index (χ3v) is 5.17. The van der Waals surface area contributed by atoms with Crippen molar-refractivity contribution >= 4 is 17.8 Å². The molecule has 1 amide bonds. The van der Waals surface area contributed by atoms with Gasteiger partial charge in [-0.2, -0.15) is 5.26 Å². The van der Waals surface area contributed by atoms with Gasteiger partial charge in [0, 0.05) is 24.0 Å². The zero-order chi connectivity index (χ0) is 20.5. The maximum absolute atomic E-state index is 11.9. The van der Waals surface area contributed by atoms with Crippen molar-refractivity contribution in [1.29, 1.82) is 5.26 Å². The van der Waals surface area contributed by atoms with Crippen LogP contribution in [0.25, 0.3) is 0 Å². The number of ether oxygens (including phenoxy) is 1. The molecule has 5 N–H and O–H groups in total. The van der Waals surface area contributed by atoms with Crippen LogP contribution in [0.4, 0.5) is 5.69 Å². The molecule has 0 aliphatic carbocycles. The van der Waals surface area contributed by atoms with Crippen molar-refractivity contribution in [3.05, 3.63) is 52.1 Å². The predicted molar refractivity (Wildman–Crippen MR) is 108 cm³/mol. The molecule has 0 fully saturated rings. The summed E-state index contributed by atoms with van der Waals surface area (Å²) in [5, 5.41) is 16.4. The minimum Gasteiger partial charge on any atom is -0.399 e. The van der Waals surface area contributed by atoms with Gasteiger partial charge in [-0.15, -0.1) is 0 Å². The summed E-state index contributed by atoms with van der Waals surface area (Å²) in [5.41, 5.74) is 14.9. The number of benzene rings is 1. The van der Waals surface area contributed by atoms with Crippen molar-refractivity contribution in [2.75, 3.05) is 25.4 Å². The Bertz CT molecular complexity index is 989. The molecule has 0 radical (unpaired) electrons. The Morgan fingerprint density at radius 2 is 2.28 bits per heavy atom. The highest BCUT2D eigenvalue weighted by molar-refractivity contribution is 5.95. The number of hydrogen-bond donors (Lipinski definition) is 3. The van der Waals surface area contributed by atoms with Crippen molar-refractivity contribution in [2.45, 2.75) is 26.0 Å². The van der Waals surface area contributed by atoms with Crippen LogP contribution >= 0.6 is 0 Å². The van der Waals surface area contributed by atoms with Crippen LogP contribution in [0.15, 0.2) is 46.0 Å². The zero-order valence-corrected chi connectivity index (χ0v) is 16.2. The van der Waals surface area contributed by atoms with E-state index in [2.05, 4.69) is 16.4 Å². The Kier molecular flexibility index (Phi) is 4.96. The molecule has 0 spiro atoms. The maximum Gasteiger partial charge on any atom is 0.249 e. The molecule has 3 aliphatic heterocycles. The van der Waals surface area contributed by atoms with Crippen molar-refractivity contribution in [3.63, 3.8) is 0 Å². The highest BCUT2D eigenvalue weighted by Gasteiger charge is 2.40. The Morgan fingerprint density at radius 3 is 3.03 bits per heavy atom. The normalized spacial score (nSPS) is 19.1. The number of nitrogens with one attached hydrogen (secondary N) is 1.